The largest absolute Gasteiger partial charge is 0.351 e. The number of carbonyl (C=O) groups is 3. The number of hydrogen-bond donors (Lipinski definition) is 2. The highest BCUT2D eigenvalue weighted by Gasteiger charge is 2.58. The summed E-state index contributed by atoms with van der Waals surface area (Å²) in [6.45, 7) is 6.59. The molecule has 3 aliphatic heterocycles. The fourth-order valence-corrected chi connectivity index (χ4v) is 14.2. The standard InChI is InChI=1S/C33H42N4O3S4/c1-4-5-6-7-28-29-19(2)33-18-41-14-24-8-21(11-27(36-24)17-44-33)31(39)34-12-23(20(3)38)13-35-32(40)22-9-25(15-42-29)37-26(10-22)16-43-30(28)33/h8-11,19,23,28-30H,4-7,12-18H2,1-3H3,(H,34,39)(H,35,40). The first-order chi connectivity index (χ1) is 21.3. The van der Waals surface area contributed by atoms with Gasteiger partial charge in [0.25, 0.3) is 11.8 Å². The summed E-state index contributed by atoms with van der Waals surface area (Å²) in [5.41, 5.74) is 4.97. The Morgan fingerprint density at radius 3 is 2.09 bits per heavy atom. The first-order valence-corrected chi connectivity index (χ1v) is 20.0. The highest BCUT2D eigenvalue weighted by molar-refractivity contribution is 8.05. The zero-order chi connectivity index (χ0) is 30.8. The number of carbonyl (C=O) groups excluding carboxylic acids is 3. The summed E-state index contributed by atoms with van der Waals surface area (Å²) in [6, 6.07) is 7.71. The molecule has 1 saturated carbocycles. The van der Waals surface area contributed by atoms with Crippen LogP contribution in [0.2, 0.25) is 0 Å². The Hall–Kier alpha value is -1.69. The first kappa shape index (κ1) is 32.3. The lowest BCUT2D eigenvalue weighted by molar-refractivity contribution is -0.120. The molecule has 7 nitrogen and oxygen atoms in total. The predicted molar refractivity (Wildman–Crippen MR) is 184 cm³/mol. The summed E-state index contributed by atoms with van der Waals surface area (Å²) in [4.78, 5) is 49.3. The Morgan fingerprint density at radius 2 is 1.48 bits per heavy atom. The maximum Gasteiger partial charge on any atom is 0.251 e. The quantitative estimate of drug-likeness (QED) is 0.364. The summed E-state index contributed by atoms with van der Waals surface area (Å²) in [5, 5.41) is 6.89. The highest BCUT2D eigenvalue weighted by Crippen LogP contribution is 2.61. The van der Waals surface area contributed by atoms with Crippen LogP contribution in [-0.4, -0.2) is 61.7 Å². The highest BCUT2D eigenvalue weighted by atomic mass is 32.2. The molecule has 5 heterocycles. The van der Waals surface area contributed by atoms with E-state index < -0.39 is 5.92 Å². The van der Waals surface area contributed by atoms with E-state index in [0.29, 0.717) is 33.5 Å². The van der Waals surface area contributed by atoms with Crippen molar-refractivity contribution < 1.29 is 14.4 Å². The molecule has 0 radical (unpaired) electrons. The summed E-state index contributed by atoms with van der Waals surface area (Å²) < 4.78 is 0.0512. The maximum atomic E-state index is 13.4. The smallest absolute Gasteiger partial charge is 0.251 e. The Balaban J connectivity index is 1.43. The van der Waals surface area contributed by atoms with Crippen LogP contribution in [0.15, 0.2) is 24.3 Å². The molecule has 44 heavy (non-hydrogen) atoms. The molecule has 2 aromatic rings. The molecule has 2 amide bonds. The van der Waals surface area contributed by atoms with Gasteiger partial charge in [-0.05, 0) is 49.4 Å². The number of thioether (sulfide) groups is 4. The zero-order valence-corrected chi connectivity index (χ0v) is 29.0. The number of fused-ring (bicyclic) bond motifs is 7. The molecular weight excluding hydrogens is 629 g/mol. The van der Waals surface area contributed by atoms with Crippen molar-refractivity contribution in [3.63, 3.8) is 0 Å². The van der Waals surface area contributed by atoms with Crippen LogP contribution in [0.3, 0.4) is 0 Å². The molecule has 0 saturated heterocycles. The molecule has 4 aliphatic rings. The molecule has 6 unspecified atom stereocenters. The van der Waals surface area contributed by atoms with Gasteiger partial charge in [-0.25, -0.2) is 0 Å². The molecule has 1 fully saturated rings. The average molecular weight is 671 g/mol. The van der Waals surface area contributed by atoms with E-state index in [1.165, 1.54) is 32.6 Å². The molecule has 6 atom stereocenters. The molecule has 9 bridgehead atoms. The van der Waals surface area contributed by atoms with Gasteiger partial charge in [-0.1, -0.05) is 33.1 Å². The van der Waals surface area contributed by atoms with E-state index in [2.05, 4.69) is 36.2 Å². The Morgan fingerprint density at radius 1 is 0.886 bits per heavy atom. The van der Waals surface area contributed by atoms with E-state index in [1.54, 1.807) is 0 Å². The second-order valence-corrected chi connectivity index (χ2v) is 17.2. The Bertz CT molecular complexity index is 1420. The molecular formula is C33H42N4O3S4. The molecule has 0 aromatic carbocycles. The van der Waals surface area contributed by atoms with Crippen LogP contribution in [-0.2, 0) is 27.8 Å². The molecule has 1 aliphatic carbocycles. The fourth-order valence-electron chi connectivity index (χ4n) is 7.12. The molecule has 236 valence electrons. The zero-order valence-electron chi connectivity index (χ0n) is 25.7. The van der Waals surface area contributed by atoms with Crippen LogP contribution < -0.4 is 10.6 Å². The number of aromatic nitrogens is 2. The van der Waals surface area contributed by atoms with Gasteiger partial charge < -0.3 is 10.6 Å². The van der Waals surface area contributed by atoms with E-state index in [1.807, 2.05) is 59.6 Å². The van der Waals surface area contributed by atoms with Crippen LogP contribution in [0.1, 0.15) is 89.9 Å². The van der Waals surface area contributed by atoms with E-state index in [4.69, 9.17) is 9.97 Å². The molecule has 11 heteroatoms. The molecule has 1 spiro atoms. The second kappa shape index (κ2) is 14.0. The topological polar surface area (TPSA) is 101 Å². The van der Waals surface area contributed by atoms with Gasteiger partial charge >= 0.3 is 0 Å². The van der Waals surface area contributed by atoms with Crippen molar-refractivity contribution in [2.24, 2.45) is 17.8 Å². The fraction of sp³-hybridized carbons (Fsp3) is 0.606. The minimum Gasteiger partial charge on any atom is -0.351 e. The minimum absolute atomic E-state index is 0.0512. The number of Topliss-reactive ketones (excluding diaryl/α,β-unsaturated/α-hetero) is 1. The van der Waals surface area contributed by atoms with Gasteiger partial charge in [-0.15, -0.1) is 11.8 Å². The van der Waals surface area contributed by atoms with Crippen molar-refractivity contribution in [3.05, 3.63) is 58.2 Å². The number of nitrogens with one attached hydrogen (secondary N) is 2. The van der Waals surface area contributed by atoms with Gasteiger partial charge in [0.05, 0.1) is 28.7 Å². The van der Waals surface area contributed by atoms with Crippen LogP contribution >= 0.6 is 47.0 Å². The normalized spacial score (nSPS) is 30.4. The number of amides is 2. The van der Waals surface area contributed by atoms with Crippen LogP contribution in [0.4, 0.5) is 0 Å². The summed E-state index contributed by atoms with van der Waals surface area (Å²) >= 11 is 8.09. The number of nitrogens with zero attached hydrogens (tertiary/aromatic N) is 2. The third-order valence-corrected chi connectivity index (χ3v) is 16.0. The third kappa shape index (κ3) is 6.72. The Labute approximate surface area is 277 Å². The van der Waals surface area contributed by atoms with Crippen molar-refractivity contribution in [2.45, 2.75) is 84.7 Å². The maximum absolute atomic E-state index is 13.4. The second-order valence-electron chi connectivity index (χ2n) is 12.6. The summed E-state index contributed by atoms with van der Waals surface area (Å²) in [7, 11) is 0. The minimum atomic E-state index is -0.518. The number of ketones is 1. The average Bonchev–Trinajstić information content (AvgIpc) is 3.24. The van der Waals surface area contributed by atoms with Crippen molar-refractivity contribution >= 4 is 64.6 Å². The monoisotopic (exact) mass is 670 g/mol. The van der Waals surface area contributed by atoms with Gasteiger partial charge in [0.2, 0.25) is 0 Å². The van der Waals surface area contributed by atoms with Crippen molar-refractivity contribution in [2.75, 3.05) is 18.8 Å². The molecule has 2 N–H and O–H groups in total. The lowest BCUT2D eigenvalue weighted by atomic mass is 9.97. The summed E-state index contributed by atoms with van der Waals surface area (Å²) in [6.07, 6.45) is 4.98. The number of pyridine rings is 2. The lowest BCUT2D eigenvalue weighted by Gasteiger charge is -2.39. The Kier molecular flexibility index (Phi) is 10.2. The van der Waals surface area contributed by atoms with E-state index in [-0.39, 0.29) is 35.4 Å². The van der Waals surface area contributed by atoms with Crippen LogP contribution in [0, 0.1) is 17.8 Å². The lowest BCUT2D eigenvalue weighted by Crippen LogP contribution is -2.42. The molecule has 6 rings (SSSR count). The SMILES string of the molecule is CCCCCC1C2SCc3cc4cc(n3)CSC1C1(CSCc3cc(cc(n3)CS1)C(=O)NCC(C(C)=O)CNC4=O)C2C. The van der Waals surface area contributed by atoms with Gasteiger partial charge in [0.1, 0.15) is 5.78 Å². The van der Waals surface area contributed by atoms with Crippen LogP contribution in [0.5, 0.6) is 0 Å². The number of unbranched alkanes of at least 4 members (excludes halogenated alkanes) is 2. The van der Waals surface area contributed by atoms with Gasteiger partial charge in [-0.3, -0.25) is 24.4 Å². The number of rotatable bonds is 5. The predicted octanol–water partition coefficient (Wildman–Crippen LogP) is 6.14. The van der Waals surface area contributed by atoms with Gasteiger partial charge in [0.15, 0.2) is 0 Å². The van der Waals surface area contributed by atoms with Gasteiger partial charge in [-0.2, -0.15) is 35.3 Å². The van der Waals surface area contributed by atoms with E-state index >= 15 is 0 Å². The van der Waals surface area contributed by atoms with Crippen molar-refractivity contribution in [1.29, 1.82) is 0 Å². The first-order valence-electron chi connectivity index (χ1n) is 15.8. The third-order valence-electron chi connectivity index (χ3n) is 9.58. The van der Waals surface area contributed by atoms with E-state index in [0.717, 1.165) is 51.5 Å². The van der Waals surface area contributed by atoms with E-state index in [9.17, 15) is 14.4 Å². The summed E-state index contributed by atoms with van der Waals surface area (Å²) in [5.74, 6) is 4.21. The van der Waals surface area contributed by atoms with Crippen molar-refractivity contribution in [1.82, 2.24) is 20.6 Å². The van der Waals surface area contributed by atoms with Crippen molar-refractivity contribution in [3.8, 4) is 0 Å². The van der Waals surface area contributed by atoms with Gasteiger partial charge in [0, 0.05) is 68.2 Å². The molecule has 2 aromatic heterocycles. The van der Waals surface area contributed by atoms with Crippen LogP contribution in [0.25, 0.3) is 0 Å². The number of hydrogen-bond acceptors (Lipinski definition) is 9.